The van der Waals surface area contributed by atoms with Crippen molar-refractivity contribution in [1.82, 2.24) is 4.98 Å². The van der Waals surface area contributed by atoms with Crippen LogP contribution in [0.2, 0.25) is 0 Å². The average Bonchev–Trinajstić information content (AvgIpc) is 2.42. The van der Waals surface area contributed by atoms with Crippen LogP contribution in [0.4, 0.5) is 0 Å². The molecule has 17 heavy (non-hydrogen) atoms. The predicted molar refractivity (Wildman–Crippen MR) is 68.8 cm³/mol. The summed E-state index contributed by atoms with van der Waals surface area (Å²) in [7, 11) is 0. The Morgan fingerprint density at radius 2 is 1.00 bits per heavy atom. The van der Waals surface area contributed by atoms with E-state index in [4.69, 9.17) is 0 Å². The van der Waals surface area contributed by atoms with Crippen LogP contribution in [0.1, 0.15) is 0 Å². The highest BCUT2D eigenvalue weighted by Crippen LogP contribution is 2.05. The highest BCUT2D eigenvalue weighted by atomic mass is 14.7. The third-order valence-electron chi connectivity index (χ3n) is 2.53. The summed E-state index contributed by atoms with van der Waals surface area (Å²) in [6.45, 7) is 0. The highest BCUT2D eigenvalue weighted by Gasteiger charge is 1.84. The average molecular weight is 215 g/mol. The summed E-state index contributed by atoms with van der Waals surface area (Å²) >= 11 is 0. The van der Waals surface area contributed by atoms with E-state index in [1.807, 2.05) is 48.5 Å². The van der Waals surface area contributed by atoms with Crippen molar-refractivity contribution in [2.75, 3.05) is 0 Å². The van der Waals surface area contributed by atoms with Crippen LogP contribution in [-0.4, -0.2) is 4.98 Å². The molecule has 0 spiro atoms. The largest absolute Gasteiger partial charge is 0.356 e. The van der Waals surface area contributed by atoms with Crippen LogP contribution in [0.15, 0.2) is 48.5 Å². The van der Waals surface area contributed by atoms with Crippen LogP contribution in [0.3, 0.4) is 0 Å². The van der Waals surface area contributed by atoms with E-state index in [1.54, 1.807) is 0 Å². The van der Waals surface area contributed by atoms with Gasteiger partial charge in [-0.3, -0.25) is 0 Å². The second-order valence-electron chi connectivity index (χ2n) is 3.78. The quantitative estimate of drug-likeness (QED) is 0.589. The van der Waals surface area contributed by atoms with E-state index in [2.05, 4.69) is 29.2 Å². The van der Waals surface area contributed by atoms with Crippen molar-refractivity contribution in [3.05, 3.63) is 72.8 Å². The Morgan fingerprint density at radius 3 is 1.41 bits per heavy atom. The zero-order valence-electron chi connectivity index (χ0n) is 9.12. The molecular weight excluding hydrogens is 206 g/mol. The minimum Gasteiger partial charge on any atom is -0.356 e. The summed E-state index contributed by atoms with van der Waals surface area (Å²) < 4.78 is 0. The number of rotatable bonds is 0. The summed E-state index contributed by atoms with van der Waals surface area (Å²) in [6.07, 6.45) is 0. The van der Waals surface area contributed by atoms with E-state index < -0.39 is 0 Å². The first-order chi connectivity index (χ1) is 8.40. The molecule has 4 bridgehead atoms. The van der Waals surface area contributed by atoms with Gasteiger partial charge in [-0.2, -0.15) is 0 Å². The van der Waals surface area contributed by atoms with Gasteiger partial charge in [0.2, 0.25) is 0 Å². The van der Waals surface area contributed by atoms with Gasteiger partial charge < -0.3 is 4.98 Å². The Labute approximate surface area is 100 Å². The second-order valence-corrected chi connectivity index (χ2v) is 3.78. The van der Waals surface area contributed by atoms with E-state index in [1.165, 1.54) is 0 Å². The lowest BCUT2D eigenvalue weighted by Crippen LogP contribution is -1.72. The lowest BCUT2D eigenvalue weighted by molar-refractivity contribution is 1.49. The first kappa shape index (κ1) is 9.58. The summed E-state index contributed by atoms with van der Waals surface area (Å²) in [6, 6.07) is 27.8. The fourth-order valence-electron chi connectivity index (χ4n) is 1.65. The lowest BCUT2D eigenvalue weighted by Gasteiger charge is -1.91. The van der Waals surface area contributed by atoms with Gasteiger partial charge in [-0.1, -0.05) is 12.1 Å². The molecule has 0 saturated carbocycles. The Hall–Kier alpha value is -2.64. The molecule has 0 aliphatic rings. The molecule has 0 radical (unpaired) electrons. The van der Waals surface area contributed by atoms with Gasteiger partial charge >= 0.3 is 0 Å². The minimum absolute atomic E-state index is 0.979. The van der Waals surface area contributed by atoms with E-state index >= 15 is 0 Å². The standard InChI is InChI=1S/C16H9N/c1-2-4-14-7-11-16(12-8-14)17-15-9-5-13(3-1)6-10-15/h5-12,17H. The SMILES string of the molecule is c1c#cc2ccc(cc2)[nH]c2ccc(c#1)cc2. The van der Waals surface area contributed by atoms with Crippen LogP contribution >= 0.6 is 0 Å². The van der Waals surface area contributed by atoms with Gasteiger partial charge in [0.25, 0.3) is 0 Å². The maximum Gasteiger partial charge on any atom is 0.0385 e. The van der Waals surface area contributed by atoms with Crippen molar-refractivity contribution in [3.8, 4) is 0 Å². The molecule has 6 aromatic rings. The number of aromatic nitrogens is 1. The van der Waals surface area contributed by atoms with E-state index in [0.717, 1.165) is 21.8 Å². The summed E-state index contributed by atoms with van der Waals surface area (Å²) in [5.41, 5.74) is 2.12. The van der Waals surface area contributed by atoms with Crippen LogP contribution < -0.4 is 0 Å². The van der Waals surface area contributed by atoms with Crippen molar-refractivity contribution < 1.29 is 0 Å². The first-order valence-electron chi connectivity index (χ1n) is 5.39. The van der Waals surface area contributed by atoms with E-state index in [0.29, 0.717) is 0 Å². The Bertz CT molecular complexity index is 593. The summed E-state index contributed by atoms with van der Waals surface area (Å²) in [5, 5.41) is 1.96. The molecule has 2 aromatic carbocycles. The molecule has 0 aliphatic heterocycles. The van der Waals surface area contributed by atoms with Gasteiger partial charge in [0.1, 0.15) is 0 Å². The van der Waals surface area contributed by atoms with Crippen LogP contribution in [0.25, 0.3) is 21.8 Å². The van der Waals surface area contributed by atoms with Crippen molar-refractivity contribution in [1.29, 1.82) is 0 Å². The fourth-order valence-corrected chi connectivity index (χ4v) is 1.65. The van der Waals surface area contributed by atoms with Gasteiger partial charge in [0.15, 0.2) is 0 Å². The molecule has 1 nitrogen and oxygen atoms in total. The number of aromatic amines is 1. The van der Waals surface area contributed by atoms with E-state index in [9.17, 15) is 0 Å². The number of nitrogens with one attached hydrogen (secondary N) is 1. The van der Waals surface area contributed by atoms with Crippen LogP contribution in [0, 0.1) is 24.3 Å². The molecule has 4 aromatic heterocycles. The van der Waals surface area contributed by atoms with Gasteiger partial charge in [-0.05, 0) is 60.7 Å². The molecular formula is C16H9N. The number of H-pyrrole nitrogens is 1. The van der Waals surface area contributed by atoms with Gasteiger partial charge in [0, 0.05) is 21.8 Å². The predicted octanol–water partition coefficient (Wildman–Crippen LogP) is 3.65. The highest BCUT2D eigenvalue weighted by molar-refractivity contribution is 5.63. The zero-order valence-corrected chi connectivity index (χ0v) is 9.12. The normalized spacial score (nSPS) is 9.41. The Balaban J connectivity index is 2.41. The molecule has 1 heteroatoms. The van der Waals surface area contributed by atoms with Crippen LogP contribution in [-0.2, 0) is 0 Å². The topological polar surface area (TPSA) is 15.8 Å². The zero-order chi connectivity index (χ0) is 11.5. The molecule has 4 heterocycles. The number of benzene rings is 2. The molecule has 0 fully saturated rings. The maximum atomic E-state index is 3.33. The summed E-state index contributed by atoms with van der Waals surface area (Å²) in [4.78, 5) is 3.33. The van der Waals surface area contributed by atoms with Crippen molar-refractivity contribution in [3.63, 3.8) is 0 Å². The first-order valence-corrected chi connectivity index (χ1v) is 5.39. The summed E-state index contributed by atoms with van der Waals surface area (Å²) in [5.74, 6) is 0. The molecule has 0 atom stereocenters. The van der Waals surface area contributed by atoms with Gasteiger partial charge in [0.05, 0.1) is 0 Å². The maximum absolute atomic E-state index is 3.33. The third kappa shape index (κ3) is 2.14. The molecule has 6 rings (SSSR count). The minimum atomic E-state index is 0.979. The monoisotopic (exact) mass is 215 g/mol. The van der Waals surface area contributed by atoms with Gasteiger partial charge in [-0.15, -0.1) is 0 Å². The molecule has 0 aliphatic carbocycles. The Kier molecular flexibility index (Phi) is 2.30. The number of hydrogen-bond donors (Lipinski definition) is 1. The molecule has 0 saturated heterocycles. The molecule has 1 N–H and O–H groups in total. The number of hydrogen-bond acceptors (Lipinski definition) is 0. The lowest BCUT2D eigenvalue weighted by atomic mass is 10.2. The van der Waals surface area contributed by atoms with Crippen molar-refractivity contribution in [2.45, 2.75) is 0 Å². The smallest absolute Gasteiger partial charge is 0.0385 e. The second kappa shape index (κ2) is 4.08. The van der Waals surface area contributed by atoms with Crippen molar-refractivity contribution in [2.24, 2.45) is 0 Å². The van der Waals surface area contributed by atoms with E-state index in [-0.39, 0.29) is 0 Å². The van der Waals surface area contributed by atoms with Crippen molar-refractivity contribution >= 4 is 21.8 Å². The fraction of sp³-hybridized carbons (Fsp3) is 0. The molecule has 78 valence electrons. The van der Waals surface area contributed by atoms with Gasteiger partial charge in [-0.25, -0.2) is 0 Å². The van der Waals surface area contributed by atoms with Crippen LogP contribution in [0.5, 0.6) is 0 Å². The Morgan fingerprint density at radius 1 is 0.588 bits per heavy atom. The molecule has 0 amide bonds. The third-order valence-corrected chi connectivity index (χ3v) is 2.53. The molecule has 0 unspecified atom stereocenters.